The zero-order valence-electron chi connectivity index (χ0n) is 8.69. The number of carbonyl (C=O) groups is 1. The summed E-state index contributed by atoms with van der Waals surface area (Å²) < 4.78 is 0. The second-order valence-corrected chi connectivity index (χ2v) is 4.31. The van der Waals surface area contributed by atoms with Gasteiger partial charge in [0.1, 0.15) is 0 Å². The van der Waals surface area contributed by atoms with Gasteiger partial charge in [-0.25, -0.2) is 4.79 Å². The fraction of sp³-hybridized carbons (Fsp3) is 0.364. The van der Waals surface area contributed by atoms with Crippen molar-refractivity contribution in [3.05, 3.63) is 34.3 Å². The molecule has 0 fully saturated rings. The molecule has 1 aliphatic rings. The maximum atomic E-state index is 11.0. The van der Waals surface area contributed by atoms with E-state index < -0.39 is 6.03 Å². The second-order valence-electron chi connectivity index (χ2n) is 3.90. The summed E-state index contributed by atoms with van der Waals surface area (Å²) in [6.45, 7) is 0. The number of urea groups is 1. The molecule has 4 nitrogen and oxygen atoms in total. The maximum absolute atomic E-state index is 11.0. The van der Waals surface area contributed by atoms with Crippen LogP contribution in [-0.4, -0.2) is 16.3 Å². The van der Waals surface area contributed by atoms with Gasteiger partial charge in [-0.2, -0.15) is 5.06 Å². The number of benzene rings is 1. The lowest BCUT2D eigenvalue weighted by Gasteiger charge is -2.30. The summed E-state index contributed by atoms with van der Waals surface area (Å²) in [5.74, 6) is 0. The Balaban J connectivity index is 2.40. The number of halogens is 1. The molecule has 1 atom stereocenters. The molecule has 0 bridgehead atoms. The van der Waals surface area contributed by atoms with Crippen molar-refractivity contribution in [3.8, 4) is 0 Å². The molecule has 0 aromatic heterocycles. The van der Waals surface area contributed by atoms with E-state index in [4.69, 9.17) is 17.3 Å². The molecule has 0 spiro atoms. The first kappa shape index (κ1) is 11.2. The normalized spacial score (nSPS) is 19.0. The quantitative estimate of drug-likeness (QED) is 0.585. The van der Waals surface area contributed by atoms with Crippen LogP contribution in [0.25, 0.3) is 0 Å². The predicted molar refractivity (Wildman–Crippen MR) is 60.3 cm³/mol. The highest BCUT2D eigenvalue weighted by Gasteiger charge is 2.28. The van der Waals surface area contributed by atoms with Gasteiger partial charge >= 0.3 is 6.03 Å². The van der Waals surface area contributed by atoms with E-state index in [1.807, 2.05) is 18.2 Å². The van der Waals surface area contributed by atoms with E-state index >= 15 is 0 Å². The fourth-order valence-electron chi connectivity index (χ4n) is 2.19. The molecule has 1 aromatic carbocycles. The second kappa shape index (κ2) is 4.31. The Morgan fingerprint density at radius 2 is 2.31 bits per heavy atom. The number of hydrogen-bond donors (Lipinski definition) is 2. The summed E-state index contributed by atoms with van der Waals surface area (Å²) in [6.07, 6.45) is 2.45. The van der Waals surface area contributed by atoms with Crippen molar-refractivity contribution in [2.45, 2.75) is 25.3 Å². The van der Waals surface area contributed by atoms with Crippen LogP contribution in [-0.2, 0) is 6.42 Å². The van der Waals surface area contributed by atoms with Crippen LogP contribution >= 0.6 is 11.6 Å². The van der Waals surface area contributed by atoms with Gasteiger partial charge in [0.2, 0.25) is 0 Å². The van der Waals surface area contributed by atoms with E-state index in [0.29, 0.717) is 16.5 Å². The van der Waals surface area contributed by atoms with Crippen molar-refractivity contribution in [1.82, 2.24) is 5.06 Å². The van der Waals surface area contributed by atoms with Crippen molar-refractivity contribution in [3.63, 3.8) is 0 Å². The molecule has 0 aliphatic heterocycles. The first-order chi connectivity index (χ1) is 7.61. The van der Waals surface area contributed by atoms with E-state index in [1.165, 1.54) is 0 Å². The Morgan fingerprint density at radius 1 is 1.56 bits per heavy atom. The first-order valence-electron chi connectivity index (χ1n) is 5.16. The van der Waals surface area contributed by atoms with Gasteiger partial charge in [-0.3, -0.25) is 5.21 Å². The average Bonchev–Trinajstić information content (AvgIpc) is 2.28. The molecule has 1 aromatic rings. The highest BCUT2D eigenvalue weighted by Crippen LogP contribution is 2.36. The lowest BCUT2D eigenvalue weighted by atomic mass is 9.87. The maximum Gasteiger partial charge on any atom is 0.339 e. The number of hydrogen-bond acceptors (Lipinski definition) is 2. The summed E-state index contributed by atoms with van der Waals surface area (Å²) >= 11 is 6.08. The van der Waals surface area contributed by atoms with Crippen molar-refractivity contribution < 1.29 is 10.0 Å². The molecule has 5 heteroatoms. The zero-order valence-corrected chi connectivity index (χ0v) is 9.44. The van der Waals surface area contributed by atoms with Crippen LogP contribution in [0, 0.1) is 0 Å². The SMILES string of the molecule is NC(=O)N(O)C1CCCc2c(Cl)cccc21. The number of rotatable bonds is 1. The van der Waals surface area contributed by atoms with Crippen molar-refractivity contribution >= 4 is 17.6 Å². The zero-order chi connectivity index (χ0) is 11.7. The van der Waals surface area contributed by atoms with Crippen molar-refractivity contribution in [1.29, 1.82) is 0 Å². The highest BCUT2D eigenvalue weighted by molar-refractivity contribution is 6.31. The molecular formula is C11H13ClN2O2. The third-order valence-electron chi connectivity index (χ3n) is 2.94. The molecule has 0 saturated carbocycles. The van der Waals surface area contributed by atoms with Crippen LogP contribution < -0.4 is 5.73 Å². The Kier molecular flexibility index (Phi) is 3.03. The Morgan fingerprint density at radius 3 is 3.00 bits per heavy atom. The highest BCUT2D eigenvalue weighted by atomic mass is 35.5. The first-order valence-corrected chi connectivity index (χ1v) is 5.54. The number of carbonyl (C=O) groups excluding carboxylic acids is 1. The fourth-order valence-corrected chi connectivity index (χ4v) is 2.46. The molecule has 2 rings (SSSR count). The number of nitrogens with zero attached hydrogens (tertiary/aromatic N) is 1. The van der Waals surface area contributed by atoms with Gasteiger partial charge in [0.25, 0.3) is 0 Å². The van der Waals surface area contributed by atoms with E-state index in [2.05, 4.69) is 0 Å². The van der Waals surface area contributed by atoms with Crippen LogP contribution in [0.5, 0.6) is 0 Å². The molecule has 1 unspecified atom stereocenters. The number of fused-ring (bicyclic) bond motifs is 1. The molecule has 2 amide bonds. The Hall–Kier alpha value is -1.26. The molecular weight excluding hydrogens is 228 g/mol. The molecule has 16 heavy (non-hydrogen) atoms. The van der Waals surface area contributed by atoms with E-state index in [0.717, 1.165) is 24.0 Å². The molecule has 0 heterocycles. The molecule has 3 N–H and O–H groups in total. The number of nitrogens with two attached hydrogens (primary N) is 1. The summed E-state index contributed by atoms with van der Waals surface area (Å²) in [6, 6.07) is 4.29. The Labute approximate surface area is 98.6 Å². The minimum Gasteiger partial charge on any atom is -0.350 e. The third kappa shape index (κ3) is 1.86. The minimum absolute atomic E-state index is 0.375. The summed E-state index contributed by atoms with van der Waals surface area (Å²) in [5, 5.41) is 10.9. The minimum atomic E-state index is -0.835. The van der Waals surface area contributed by atoms with E-state index in [9.17, 15) is 10.0 Å². The molecule has 0 radical (unpaired) electrons. The van der Waals surface area contributed by atoms with Gasteiger partial charge in [-0.15, -0.1) is 0 Å². The van der Waals surface area contributed by atoms with Gasteiger partial charge in [0, 0.05) is 5.02 Å². The van der Waals surface area contributed by atoms with Gasteiger partial charge in [-0.1, -0.05) is 23.7 Å². The largest absolute Gasteiger partial charge is 0.350 e. The average molecular weight is 241 g/mol. The van der Waals surface area contributed by atoms with Crippen LogP contribution in [0.3, 0.4) is 0 Å². The van der Waals surface area contributed by atoms with Crippen LogP contribution in [0.15, 0.2) is 18.2 Å². The van der Waals surface area contributed by atoms with Crippen molar-refractivity contribution in [2.24, 2.45) is 5.73 Å². The lowest BCUT2D eigenvalue weighted by molar-refractivity contribution is -0.0808. The lowest BCUT2D eigenvalue weighted by Crippen LogP contribution is -2.37. The van der Waals surface area contributed by atoms with Gasteiger partial charge in [0.05, 0.1) is 6.04 Å². The number of amides is 2. The topological polar surface area (TPSA) is 66.6 Å². The monoisotopic (exact) mass is 240 g/mol. The standard InChI is InChI=1S/C11H13ClN2O2/c12-9-5-1-4-8-7(9)3-2-6-10(8)14(16)11(13)15/h1,4-5,10,16H,2-3,6H2,(H2,13,15). The van der Waals surface area contributed by atoms with Crippen LogP contribution in [0.1, 0.15) is 30.0 Å². The van der Waals surface area contributed by atoms with E-state index in [1.54, 1.807) is 0 Å². The summed E-state index contributed by atoms with van der Waals surface area (Å²) in [7, 11) is 0. The number of primary amides is 1. The van der Waals surface area contributed by atoms with Crippen LogP contribution in [0.4, 0.5) is 4.79 Å². The number of hydroxylamine groups is 2. The smallest absolute Gasteiger partial charge is 0.339 e. The van der Waals surface area contributed by atoms with Gasteiger partial charge in [-0.05, 0) is 36.5 Å². The predicted octanol–water partition coefficient (Wildman–Crippen LogP) is 2.49. The van der Waals surface area contributed by atoms with Gasteiger partial charge < -0.3 is 5.73 Å². The molecule has 0 saturated heterocycles. The van der Waals surface area contributed by atoms with Crippen LogP contribution in [0.2, 0.25) is 5.02 Å². The summed E-state index contributed by atoms with van der Waals surface area (Å²) in [4.78, 5) is 11.0. The van der Waals surface area contributed by atoms with E-state index in [-0.39, 0.29) is 6.04 Å². The summed E-state index contributed by atoms with van der Waals surface area (Å²) in [5.41, 5.74) is 6.96. The Bertz CT molecular complexity index is 422. The third-order valence-corrected chi connectivity index (χ3v) is 3.29. The molecule has 86 valence electrons. The van der Waals surface area contributed by atoms with Gasteiger partial charge in [0.15, 0.2) is 0 Å². The molecule has 1 aliphatic carbocycles. The van der Waals surface area contributed by atoms with Crippen molar-refractivity contribution in [2.75, 3.05) is 0 Å².